The fraction of sp³-hybridized carbons (Fsp3) is 0.778. The van der Waals surface area contributed by atoms with Crippen LogP contribution in [0.5, 0.6) is 0 Å². The summed E-state index contributed by atoms with van der Waals surface area (Å²) < 4.78 is 35.7. The van der Waals surface area contributed by atoms with E-state index in [-0.39, 0.29) is 24.0 Å². The predicted molar refractivity (Wildman–Crippen MR) is 62.7 cm³/mol. The number of carbonyl (C=O) groups is 1. The van der Waals surface area contributed by atoms with Crippen molar-refractivity contribution in [3.63, 3.8) is 0 Å². The second-order valence-corrected chi connectivity index (χ2v) is 4.09. The van der Waals surface area contributed by atoms with Gasteiger partial charge in [0.25, 0.3) is 0 Å². The summed E-state index contributed by atoms with van der Waals surface area (Å²) in [6, 6.07) is -0.770. The molecular weight excluding hydrogens is 255 g/mol. The minimum absolute atomic E-state index is 0.204. The summed E-state index contributed by atoms with van der Waals surface area (Å²) in [6.45, 7) is 2.53. The molecule has 0 aromatic rings. The molecule has 0 saturated carbocycles. The molecule has 0 aliphatic rings. The average Bonchev–Trinajstić information content (AvgIpc) is 2.20. The highest BCUT2D eigenvalue weighted by Gasteiger charge is 2.28. The molecule has 8 heteroatoms. The maximum absolute atomic E-state index is 11.9. The molecule has 17 heavy (non-hydrogen) atoms. The van der Waals surface area contributed by atoms with Crippen LogP contribution in [-0.2, 0) is 0 Å². The molecule has 0 aliphatic heterocycles. The molecule has 0 saturated heterocycles. The van der Waals surface area contributed by atoms with E-state index >= 15 is 0 Å². The highest BCUT2D eigenvalue weighted by atomic mass is 32.1. The molecule has 0 spiro atoms. The molecule has 0 heterocycles. The molecule has 0 fully saturated rings. The Kier molecular flexibility index (Phi) is 6.22. The maximum Gasteiger partial charge on any atom is 0.405 e. The summed E-state index contributed by atoms with van der Waals surface area (Å²) >= 11 is 4.73. The number of urea groups is 1. The SMILES string of the molecule is CCN(CC(C)C(N)=S)C(=O)NCC(F)(F)F. The molecule has 3 N–H and O–H groups in total. The van der Waals surface area contributed by atoms with Gasteiger partial charge >= 0.3 is 12.2 Å². The zero-order chi connectivity index (χ0) is 13.6. The summed E-state index contributed by atoms with van der Waals surface area (Å²) in [6.07, 6.45) is -4.41. The number of halogens is 3. The van der Waals surface area contributed by atoms with E-state index in [9.17, 15) is 18.0 Å². The van der Waals surface area contributed by atoms with Crippen molar-refractivity contribution in [3.8, 4) is 0 Å². The lowest BCUT2D eigenvalue weighted by Gasteiger charge is -2.24. The second-order valence-electron chi connectivity index (χ2n) is 3.62. The molecule has 100 valence electrons. The molecule has 0 aromatic heterocycles. The molecule has 4 nitrogen and oxygen atoms in total. The van der Waals surface area contributed by atoms with Gasteiger partial charge in [-0.15, -0.1) is 0 Å². The van der Waals surface area contributed by atoms with E-state index in [2.05, 4.69) is 0 Å². The van der Waals surface area contributed by atoms with Gasteiger partial charge in [-0.25, -0.2) is 4.79 Å². The fourth-order valence-electron chi connectivity index (χ4n) is 1.06. The quantitative estimate of drug-likeness (QED) is 0.745. The van der Waals surface area contributed by atoms with Crippen molar-refractivity contribution in [1.82, 2.24) is 10.2 Å². The number of nitrogens with two attached hydrogens (primary N) is 1. The molecule has 0 bridgehead atoms. The molecule has 2 amide bonds. The monoisotopic (exact) mass is 271 g/mol. The van der Waals surface area contributed by atoms with Gasteiger partial charge in [-0.3, -0.25) is 0 Å². The summed E-state index contributed by atoms with van der Waals surface area (Å²) in [5.41, 5.74) is 5.38. The fourth-order valence-corrected chi connectivity index (χ4v) is 1.14. The van der Waals surface area contributed by atoms with Gasteiger partial charge in [-0.1, -0.05) is 19.1 Å². The first-order chi connectivity index (χ1) is 7.67. The van der Waals surface area contributed by atoms with Crippen LogP contribution in [0, 0.1) is 5.92 Å². The minimum Gasteiger partial charge on any atom is -0.393 e. The van der Waals surface area contributed by atoms with Crippen molar-refractivity contribution in [2.75, 3.05) is 19.6 Å². The molecule has 0 aliphatic carbocycles. The van der Waals surface area contributed by atoms with Crippen molar-refractivity contribution in [2.45, 2.75) is 20.0 Å². The van der Waals surface area contributed by atoms with Crippen LogP contribution in [0.15, 0.2) is 0 Å². The molecular formula is C9H16F3N3OS. The smallest absolute Gasteiger partial charge is 0.393 e. The number of amides is 2. The van der Waals surface area contributed by atoms with Gasteiger partial charge < -0.3 is 16.0 Å². The van der Waals surface area contributed by atoms with Gasteiger partial charge in [0.2, 0.25) is 0 Å². The lowest BCUT2D eigenvalue weighted by atomic mass is 10.2. The molecule has 0 radical (unpaired) electrons. The van der Waals surface area contributed by atoms with Crippen molar-refractivity contribution >= 4 is 23.2 Å². The van der Waals surface area contributed by atoms with Gasteiger partial charge in [0, 0.05) is 19.0 Å². The Labute approximate surface area is 103 Å². The third-order valence-corrected chi connectivity index (χ3v) is 2.49. The second kappa shape index (κ2) is 6.63. The Morgan fingerprint density at radius 1 is 1.53 bits per heavy atom. The van der Waals surface area contributed by atoms with E-state index in [0.29, 0.717) is 0 Å². The normalized spacial score (nSPS) is 13.0. The first kappa shape index (κ1) is 16.0. The van der Waals surface area contributed by atoms with Crippen LogP contribution in [0.1, 0.15) is 13.8 Å². The van der Waals surface area contributed by atoms with Crippen LogP contribution < -0.4 is 11.1 Å². The van der Waals surface area contributed by atoms with Crippen molar-refractivity contribution in [1.29, 1.82) is 0 Å². The van der Waals surface area contributed by atoms with Crippen LogP contribution >= 0.6 is 12.2 Å². The van der Waals surface area contributed by atoms with Crippen LogP contribution in [0.3, 0.4) is 0 Å². The van der Waals surface area contributed by atoms with Gasteiger partial charge in [-0.2, -0.15) is 13.2 Å². The Morgan fingerprint density at radius 3 is 2.41 bits per heavy atom. The first-order valence-electron chi connectivity index (χ1n) is 5.06. The third-order valence-electron chi connectivity index (χ3n) is 2.09. The first-order valence-corrected chi connectivity index (χ1v) is 5.47. The van der Waals surface area contributed by atoms with Gasteiger partial charge in [0.15, 0.2) is 0 Å². The molecule has 1 unspecified atom stereocenters. The van der Waals surface area contributed by atoms with E-state index in [0.717, 1.165) is 0 Å². The standard InChI is InChI=1S/C9H16F3N3OS/c1-3-15(4-6(2)7(13)17)8(16)14-5-9(10,11)12/h6H,3-5H2,1-2H3,(H2,13,17)(H,14,16). The molecule has 1 atom stereocenters. The Morgan fingerprint density at radius 2 is 2.06 bits per heavy atom. The van der Waals surface area contributed by atoms with Gasteiger partial charge in [0.1, 0.15) is 6.54 Å². The zero-order valence-electron chi connectivity index (χ0n) is 9.67. The topological polar surface area (TPSA) is 58.4 Å². The number of nitrogens with zero attached hydrogens (tertiary/aromatic N) is 1. The highest BCUT2D eigenvalue weighted by molar-refractivity contribution is 7.80. The van der Waals surface area contributed by atoms with E-state index in [1.807, 2.05) is 0 Å². The van der Waals surface area contributed by atoms with Crippen molar-refractivity contribution in [3.05, 3.63) is 0 Å². The maximum atomic E-state index is 11.9. The number of alkyl halides is 3. The minimum atomic E-state index is -4.41. The number of thiocarbonyl (C=S) groups is 1. The van der Waals surface area contributed by atoms with Crippen molar-refractivity contribution < 1.29 is 18.0 Å². The number of hydrogen-bond donors (Lipinski definition) is 2. The summed E-state index contributed by atoms with van der Waals surface area (Å²) in [4.78, 5) is 12.9. The van der Waals surface area contributed by atoms with Gasteiger partial charge in [0.05, 0.1) is 4.99 Å². The van der Waals surface area contributed by atoms with E-state index in [1.165, 1.54) is 4.90 Å². The summed E-state index contributed by atoms with van der Waals surface area (Å²) in [5.74, 6) is -0.235. The lowest BCUT2D eigenvalue weighted by molar-refractivity contribution is -0.123. The average molecular weight is 271 g/mol. The predicted octanol–water partition coefficient (Wildman–Crippen LogP) is 1.50. The summed E-state index contributed by atoms with van der Waals surface area (Å²) in [5, 5.41) is 1.80. The Hall–Kier alpha value is -1.05. The van der Waals surface area contributed by atoms with E-state index in [4.69, 9.17) is 18.0 Å². The largest absolute Gasteiger partial charge is 0.405 e. The van der Waals surface area contributed by atoms with Gasteiger partial charge in [-0.05, 0) is 6.92 Å². The van der Waals surface area contributed by atoms with Crippen LogP contribution in [0.25, 0.3) is 0 Å². The Balaban J connectivity index is 4.27. The zero-order valence-corrected chi connectivity index (χ0v) is 10.5. The van der Waals surface area contributed by atoms with Crippen LogP contribution in [0.4, 0.5) is 18.0 Å². The van der Waals surface area contributed by atoms with E-state index in [1.54, 1.807) is 19.2 Å². The number of rotatable bonds is 5. The highest BCUT2D eigenvalue weighted by Crippen LogP contribution is 2.12. The van der Waals surface area contributed by atoms with Crippen LogP contribution in [-0.4, -0.2) is 41.7 Å². The lowest BCUT2D eigenvalue weighted by Crippen LogP contribution is -2.46. The summed E-state index contributed by atoms with van der Waals surface area (Å²) in [7, 11) is 0. The molecule has 0 aromatic carbocycles. The Bertz CT molecular complexity index is 283. The molecule has 0 rings (SSSR count). The van der Waals surface area contributed by atoms with Crippen molar-refractivity contribution in [2.24, 2.45) is 11.7 Å². The van der Waals surface area contributed by atoms with Crippen LogP contribution in [0.2, 0.25) is 0 Å². The number of nitrogens with one attached hydrogen (secondary N) is 1. The van der Waals surface area contributed by atoms with E-state index < -0.39 is 18.8 Å². The third kappa shape index (κ3) is 6.98. The number of hydrogen-bond acceptors (Lipinski definition) is 2. The number of carbonyl (C=O) groups excluding carboxylic acids is 1.